The summed E-state index contributed by atoms with van der Waals surface area (Å²) in [5.41, 5.74) is 1.49. The van der Waals surface area contributed by atoms with Crippen molar-refractivity contribution in [1.82, 2.24) is 10.2 Å². The summed E-state index contributed by atoms with van der Waals surface area (Å²) in [6, 6.07) is 3.85. The third-order valence-corrected chi connectivity index (χ3v) is 4.28. The Balaban J connectivity index is 2.62. The number of urea groups is 1. The first kappa shape index (κ1) is 17.6. The van der Waals surface area contributed by atoms with Crippen LogP contribution in [0.1, 0.15) is 32.4 Å². The first-order chi connectivity index (χ1) is 10.8. The fourth-order valence-electron chi connectivity index (χ4n) is 2.72. The topological polar surface area (TPSA) is 58.6 Å². The number of ether oxygens (including phenoxy) is 1. The van der Waals surface area contributed by atoms with Gasteiger partial charge < -0.3 is 10.1 Å². The SMILES string of the molecule is COC(=O)C1=C(C)N(C(C)C)C(=O)N[C@@H]1c1ccc(Cl)cc1Cl. The highest BCUT2D eigenvalue weighted by molar-refractivity contribution is 6.35. The third-order valence-electron chi connectivity index (χ3n) is 3.72. The largest absolute Gasteiger partial charge is 0.466 e. The van der Waals surface area contributed by atoms with Crippen molar-refractivity contribution in [2.45, 2.75) is 32.9 Å². The quantitative estimate of drug-likeness (QED) is 0.835. The molecule has 23 heavy (non-hydrogen) atoms. The summed E-state index contributed by atoms with van der Waals surface area (Å²) in [7, 11) is 1.30. The lowest BCUT2D eigenvalue weighted by molar-refractivity contribution is -0.136. The smallest absolute Gasteiger partial charge is 0.337 e. The molecule has 2 rings (SSSR count). The molecule has 124 valence electrons. The Kier molecular flexibility index (Phi) is 5.22. The minimum atomic E-state index is -0.685. The van der Waals surface area contributed by atoms with Crippen molar-refractivity contribution in [1.29, 1.82) is 0 Å². The summed E-state index contributed by atoms with van der Waals surface area (Å²) in [5.74, 6) is -0.510. The molecular weight excluding hydrogens is 339 g/mol. The van der Waals surface area contributed by atoms with Crippen LogP contribution in [-0.2, 0) is 9.53 Å². The molecule has 0 saturated heterocycles. The lowest BCUT2D eigenvalue weighted by Crippen LogP contribution is -2.50. The lowest BCUT2D eigenvalue weighted by Gasteiger charge is -2.37. The Hall–Kier alpha value is -1.72. The molecule has 1 N–H and O–H groups in total. The van der Waals surface area contributed by atoms with Crippen molar-refractivity contribution in [3.8, 4) is 0 Å². The highest BCUT2D eigenvalue weighted by Crippen LogP contribution is 2.36. The molecule has 0 saturated carbocycles. The highest BCUT2D eigenvalue weighted by Gasteiger charge is 2.37. The number of carbonyl (C=O) groups is 2. The zero-order chi connectivity index (χ0) is 17.3. The molecule has 5 nitrogen and oxygen atoms in total. The maximum Gasteiger partial charge on any atom is 0.337 e. The lowest BCUT2D eigenvalue weighted by atomic mass is 9.94. The summed E-state index contributed by atoms with van der Waals surface area (Å²) >= 11 is 12.2. The second-order valence-corrected chi connectivity index (χ2v) is 6.35. The van der Waals surface area contributed by atoms with E-state index in [1.54, 1.807) is 25.1 Å². The molecule has 0 bridgehead atoms. The monoisotopic (exact) mass is 356 g/mol. The first-order valence-corrected chi connectivity index (χ1v) is 7.87. The third kappa shape index (κ3) is 3.31. The van der Waals surface area contributed by atoms with E-state index in [-0.39, 0.29) is 12.1 Å². The minimum Gasteiger partial charge on any atom is -0.466 e. The second kappa shape index (κ2) is 6.81. The number of halogens is 2. The number of methoxy groups -OCH3 is 1. The van der Waals surface area contributed by atoms with Crippen LogP contribution in [0.15, 0.2) is 29.5 Å². The maximum atomic E-state index is 12.4. The van der Waals surface area contributed by atoms with Crippen LogP contribution in [-0.4, -0.2) is 30.1 Å². The summed E-state index contributed by atoms with van der Waals surface area (Å²) in [6.45, 7) is 5.46. The zero-order valence-electron chi connectivity index (χ0n) is 13.3. The van der Waals surface area contributed by atoms with E-state index in [2.05, 4.69) is 5.32 Å². The average Bonchev–Trinajstić information content (AvgIpc) is 2.45. The number of allylic oxidation sites excluding steroid dienone is 1. The van der Waals surface area contributed by atoms with Gasteiger partial charge in [0.1, 0.15) is 0 Å². The molecule has 0 unspecified atom stereocenters. The van der Waals surface area contributed by atoms with Crippen LogP contribution >= 0.6 is 23.2 Å². The second-order valence-electron chi connectivity index (χ2n) is 5.50. The van der Waals surface area contributed by atoms with Crippen molar-refractivity contribution >= 4 is 35.2 Å². The first-order valence-electron chi connectivity index (χ1n) is 7.11. The van der Waals surface area contributed by atoms with Crippen molar-refractivity contribution in [3.63, 3.8) is 0 Å². The van der Waals surface area contributed by atoms with Gasteiger partial charge in [-0.2, -0.15) is 0 Å². The summed E-state index contributed by atoms with van der Waals surface area (Å²) in [4.78, 5) is 26.2. The summed E-state index contributed by atoms with van der Waals surface area (Å²) in [5, 5.41) is 3.67. The van der Waals surface area contributed by atoms with E-state index in [9.17, 15) is 9.59 Å². The van der Waals surface area contributed by atoms with Crippen LogP contribution in [0, 0.1) is 0 Å². The Morgan fingerprint density at radius 1 is 1.35 bits per heavy atom. The van der Waals surface area contributed by atoms with Crippen LogP contribution in [0.2, 0.25) is 10.0 Å². The van der Waals surface area contributed by atoms with E-state index in [1.165, 1.54) is 12.0 Å². The van der Waals surface area contributed by atoms with Gasteiger partial charge in [-0.15, -0.1) is 0 Å². The van der Waals surface area contributed by atoms with Gasteiger partial charge in [0.15, 0.2) is 0 Å². The number of hydrogen-bond donors (Lipinski definition) is 1. The van der Waals surface area contributed by atoms with E-state index >= 15 is 0 Å². The van der Waals surface area contributed by atoms with Gasteiger partial charge in [-0.05, 0) is 38.5 Å². The molecule has 1 aliphatic rings. The number of amides is 2. The van der Waals surface area contributed by atoms with Gasteiger partial charge in [-0.3, -0.25) is 4.90 Å². The van der Waals surface area contributed by atoms with Gasteiger partial charge in [-0.25, -0.2) is 9.59 Å². The standard InChI is InChI=1S/C16H18Cl2N2O3/c1-8(2)20-9(3)13(15(21)23-4)14(19-16(20)22)11-6-5-10(17)7-12(11)18/h5-8,14H,1-4H3,(H,19,22)/t14-/m1/s1. The molecule has 0 spiro atoms. The molecule has 0 aliphatic carbocycles. The van der Waals surface area contributed by atoms with Gasteiger partial charge in [-0.1, -0.05) is 29.3 Å². The van der Waals surface area contributed by atoms with Gasteiger partial charge in [0.25, 0.3) is 0 Å². The number of rotatable bonds is 3. The Bertz CT molecular complexity index is 686. The Labute approximate surface area is 145 Å². The number of carbonyl (C=O) groups excluding carboxylic acids is 2. The molecule has 1 aromatic carbocycles. The average molecular weight is 357 g/mol. The van der Waals surface area contributed by atoms with Crippen molar-refractivity contribution in [2.75, 3.05) is 7.11 Å². The van der Waals surface area contributed by atoms with Crippen LogP contribution in [0.5, 0.6) is 0 Å². The predicted molar refractivity (Wildman–Crippen MR) is 89.4 cm³/mol. The van der Waals surface area contributed by atoms with E-state index in [4.69, 9.17) is 27.9 Å². The number of hydrogen-bond acceptors (Lipinski definition) is 3. The fraction of sp³-hybridized carbons (Fsp3) is 0.375. The molecule has 1 aliphatic heterocycles. The van der Waals surface area contributed by atoms with Crippen molar-refractivity contribution < 1.29 is 14.3 Å². The number of benzene rings is 1. The van der Waals surface area contributed by atoms with E-state index in [1.807, 2.05) is 13.8 Å². The molecule has 2 amide bonds. The highest BCUT2D eigenvalue weighted by atomic mass is 35.5. The molecule has 0 aromatic heterocycles. The van der Waals surface area contributed by atoms with E-state index in [0.717, 1.165) is 0 Å². The van der Waals surface area contributed by atoms with Gasteiger partial charge >= 0.3 is 12.0 Å². The molecule has 1 heterocycles. The Morgan fingerprint density at radius 3 is 2.52 bits per heavy atom. The summed E-state index contributed by atoms with van der Waals surface area (Å²) < 4.78 is 4.89. The molecular formula is C16H18Cl2N2O3. The summed E-state index contributed by atoms with van der Waals surface area (Å²) in [6.07, 6.45) is 0. The van der Waals surface area contributed by atoms with Crippen molar-refractivity contribution in [3.05, 3.63) is 45.1 Å². The number of nitrogens with one attached hydrogen (secondary N) is 1. The van der Waals surface area contributed by atoms with Crippen LogP contribution < -0.4 is 5.32 Å². The van der Waals surface area contributed by atoms with Gasteiger partial charge in [0.05, 0.1) is 18.7 Å². The van der Waals surface area contributed by atoms with Crippen molar-refractivity contribution in [2.24, 2.45) is 0 Å². The van der Waals surface area contributed by atoms with Crippen LogP contribution in [0.4, 0.5) is 4.79 Å². The predicted octanol–water partition coefficient (Wildman–Crippen LogP) is 3.92. The molecule has 7 heteroatoms. The maximum absolute atomic E-state index is 12.4. The minimum absolute atomic E-state index is 0.101. The number of esters is 1. The normalized spacial score (nSPS) is 18.3. The fourth-order valence-corrected chi connectivity index (χ4v) is 3.24. The van der Waals surface area contributed by atoms with E-state index < -0.39 is 12.0 Å². The van der Waals surface area contributed by atoms with Gasteiger partial charge in [0, 0.05) is 21.8 Å². The molecule has 0 radical (unpaired) electrons. The van der Waals surface area contributed by atoms with E-state index in [0.29, 0.717) is 26.9 Å². The molecule has 1 atom stereocenters. The van der Waals surface area contributed by atoms with Crippen LogP contribution in [0.25, 0.3) is 0 Å². The zero-order valence-corrected chi connectivity index (χ0v) is 14.8. The Morgan fingerprint density at radius 2 is 2.00 bits per heavy atom. The number of nitrogens with zero attached hydrogens (tertiary/aromatic N) is 1. The van der Waals surface area contributed by atoms with Crippen LogP contribution in [0.3, 0.4) is 0 Å². The molecule has 1 aromatic rings. The van der Waals surface area contributed by atoms with Gasteiger partial charge in [0.2, 0.25) is 0 Å². The molecule has 0 fully saturated rings.